The maximum atomic E-state index is 5.81. The van der Waals surface area contributed by atoms with Crippen molar-refractivity contribution in [2.24, 2.45) is 0 Å². The third kappa shape index (κ3) is 1.78. The Bertz CT molecular complexity index is 1180. The van der Waals surface area contributed by atoms with Crippen molar-refractivity contribution in [3.05, 3.63) is 55.1 Å². The molecule has 0 bridgehead atoms. The second kappa shape index (κ2) is 4.54. The van der Waals surface area contributed by atoms with E-state index in [1.165, 1.54) is 6.33 Å². The first-order valence-corrected chi connectivity index (χ1v) is 7.10. The molecule has 4 aromatic heterocycles. The average molecular weight is 299 g/mol. The summed E-state index contributed by atoms with van der Waals surface area (Å²) in [6.45, 7) is 0. The Hall–Kier alpha value is -3.41. The van der Waals surface area contributed by atoms with Gasteiger partial charge in [-0.2, -0.15) is 0 Å². The number of hydrogen-bond acceptors (Lipinski definition) is 6. The summed E-state index contributed by atoms with van der Waals surface area (Å²) in [6, 6.07) is 11.9. The van der Waals surface area contributed by atoms with E-state index in [2.05, 4.69) is 24.9 Å². The highest BCUT2D eigenvalue weighted by Gasteiger charge is 2.16. The molecule has 0 amide bonds. The molecule has 6 nitrogen and oxygen atoms in total. The molecule has 5 aromatic rings. The minimum atomic E-state index is 0.449. The quantitative estimate of drug-likeness (QED) is 0.472. The third-order valence-corrected chi connectivity index (χ3v) is 3.73. The summed E-state index contributed by atoms with van der Waals surface area (Å²) in [6.07, 6.45) is 4.71. The molecule has 0 aliphatic carbocycles. The van der Waals surface area contributed by atoms with E-state index >= 15 is 0 Å². The molecule has 0 fully saturated rings. The molecular weight excluding hydrogens is 290 g/mol. The van der Waals surface area contributed by atoms with Gasteiger partial charge in [0.05, 0.1) is 11.2 Å². The Kier molecular flexibility index (Phi) is 2.40. The molecule has 6 heteroatoms. The number of furan rings is 1. The van der Waals surface area contributed by atoms with Crippen molar-refractivity contribution in [1.82, 2.24) is 24.9 Å². The van der Waals surface area contributed by atoms with Crippen LogP contribution in [0.1, 0.15) is 0 Å². The molecule has 23 heavy (non-hydrogen) atoms. The molecular formula is C17H9N5O. The third-order valence-electron chi connectivity index (χ3n) is 3.73. The Balaban J connectivity index is 1.84. The predicted octanol–water partition coefficient (Wildman–Crippen LogP) is 3.38. The van der Waals surface area contributed by atoms with Gasteiger partial charge in [-0.05, 0) is 12.1 Å². The first-order chi connectivity index (χ1) is 11.4. The summed E-state index contributed by atoms with van der Waals surface area (Å²) in [5.41, 5.74) is 4.56. The molecule has 4 heterocycles. The zero-order valence-electron chi connectivity index (χ0n) is 11.8. The number of nitrogens with zero attached hydrogens (tertiary/aromatic N) is 5. The van der Waals surface area contributed by atoms with Gasteiger partial charge in [-0.25, -0.2) is 24.9 Å². The van der Waals surface area contributed by atoms with Crippen LogP contribution < -0.4 is 0 Å². The van der Waals surface area contributed by atoms with Crippen molar-refractivity contribution in [2.75, 3.05) is 0 Å². The van der Waals surface area contributed by atoms with E-state index in [0.717, 1.165) is 16.6 Å². The van der Waals surface area contributed by atoms with E-state index < -0.39 is 0 Å². The van der Waals surface area contributed by atoms with Crippen LogP contribution in [-0.2, 0) is 0 Å². The largest absolute Gasteiger partial charge is 0.432 e. The van der Waals surface area contributed by atoms with E-state index in [-0.39, 0.29) is 0 Å². The summed E-state index contributed by atoms with van der Waals surface area (Å²) in [5, 5.41) is 1.08. The minimum absolute atomic E-state index is 0.449. The Morgan fingerprint density at radius 1 is 0.783 bits per heavy atom. The fourth-order valence-corrected chi connectivity index (χ4v) is 2.68. The second-order valence-corrected chi connectivity index (χ2v) is 5.10. The van der Waals surface area contributed by atoms with Gasteiger partial charge in [0.25, 0.3) is 0 Å². The van der Waals surface area contributed by atoms with E-state index in [9.17, 15) is 0 Å². The van der Waals surface area contributed by atoms with Gasteiger partial charge >= 0.3 is 0 Å². The van der Waals surface area contributed by atoms with Gasteiger partial charge in [-0.3, -0.25) is 0 Å². The number of aromatic nitrogens is 5. The lowest BCUT2D eigenvalue weighted by Gasteiger charge is -2.02. The van der Waals surface area contributed by atoms with Crippen LogP contribution in [0.15, 0.2) is 59.5 Å². The Labute approximate surface area is 129 Å². The molecule has 0 saturated heterocycles. The van der Waals surface area contributed by atoms with Crippen molar-refractivity contribution in [3.8, 4) is 11.4 Å². The first-order valence-electron chi connectivity index (χ1n) is 7.10. The van der Waals surface area contributed by atoms with Gasteiger partial charge in [-0.1, -0.05) is 24.3 Å². The summed E-state index contributed by atoms with van der Waals surface area (Å²) in [4.78, 5) is 21.8. The van der Waals surface area contributed by atoms with Crippen LogP contribution >= 0.6 is 0 Å². The maximum Gasteiger partial charge on any atom is 0.248 e. The summed E-state index contributed by atoms with van der Waals surface area (Å²) in [5.74, 6) is 0. The van der Waals surface area contributed by atoms with Gasteiger partial charge in [0.2, 0.25) is 5.71 Å². The number of para-hydroxylation sites is 1. The van der Waals surface area contributed by atoms with Crippen LogP contribution in [0.25, 0.3) is 44.6 Å². The zero-order valence-corrected chi connectivity index (χ0v) is 11.8. The smallest absolute Gasteiger partial charge is 0.248 e. The van der Waals surface area contributed by atoms with Crippen LogP contribution in [0.3, 0.4) is 0 Å². The molecule has 0 atom stereocenters. The summed E-state index contributed by atoms with van der Waals surface area (Å²) < 4.78 is 5.81. The SMILES string of the molecule is c1ccc2nc(-c3ncnc4c3oc3nccnc34)ccc2c1. The number of hydrogen-bond donors (Lipinski definition) is 0. The zero-order chi connectivity index (χ0) is 15.2. The maximum absolute atomic E-state index is 5.81. The van der Waals surface area contributed by atoms with Gasteiger partial charge < -0.3 is 4.42 Å². The predicted molar refractivity (Wildman–Crippen MR) is 85.6 cm³/mol. The average Bonchev–Trinajstić information content (AvgIpc) is 3.00. The summed E-state index contributed by atoms with van der Waals surface area (Å²) >= 11 is 0. The number of fused-ring (bicyclic) bond motifs is 4. The van der Waals surface area contributed by atoms with Crippen molar-refractivity contribution >= 4 is 33.2 Å². The molecule has 0 radical (unpaired) electrons. The number of benzene rings is 1. The van der Waals surface area contributed by atoms with Gasteiger partial charge in [-0.15, -0.1) is 0 Å². The second-order valence-electron chi connectivity index (χ2n) is 5.10. The molecule has 5 rings (SSSR count). The molecule has 0 aliphatic rings. The molecule has 108 valence electrons. The van der Waals surface area contributed by atoms with Crippen LogP contribution in [0, 0.1) is 0 Å². The highest BCUT2D eigenvalue weighted by atomic mass is 16.3. The first kappa shape index (κ1) is 12.2. The van der Waals surface area contributed by atoms with Crippen molar-refractivity contribution in [3.63, 3.8) is 0 Å². The molecule has 0 spiro atoms. The fourth-order valence-electron chi connectivity index (χ4n) is 2.68. The molecule has 1 aromatic carbocycles. The van der Waals surface area contributed by atoms with E-state index in [1.807, 2.05) is 36.4 Å². The topological polar surface area (TPSA) is 77.6 Å². The Morgan fingerprint density at radius 3 is 2.70 bits per heavy atom. The van der Waals surface area contributed by atoms with Gasteiger partial charge in [0, 0.05) is 17.8 Å². The van der Waals surface area contributed by atoms with Crippen LogP contribution in [0.5, 0.6) is 0 Å². The van der Waals surface area contributed by atoms with Crippen LogP contribution in [-0.4, -0.2) is 24.9 Å². The summed E-state index contributed by atoms with van der Waals surface area (Å²) in [7, 11) is 0. The monoisotopic (exact) mass is 299 g/mol. The van der Waals surface area contributed by atoms with Gasteiger partial charge in [0.15, 0.2) is 11.1 Å². The van der Waals surface area contributed by atoms with E-state index in [0.29, 0.717) is 28.0 Å². The fraction of sp³-hybridized carbons (Fsp3) is 0. The standard InChI is InChI=1S/C17H9N5O/c1-2-4-11-10(3-1)5-6-12(22-11)13-16-14(21-9-20-13)15-17(23-16)19-8-7-18-15/h1-9H. The van der Waals surface area contributed by atoms with E-state index in [1.54, 1.807) is 12.4 Å². The Morgan fingerprint density at radius 2 is 1.70 bits per heavy atom. The highest BCUT2D eigenvalue weighted by molar-refractivity contribution is 6.02. The molecule has 0 unspecified atom stereocenters. The lowest BCUT2D eigenvalue weighted by atomic mass is 10.1. The lowest BCUT2D eigenvalue weighted by molar-refractivity contribution is 0.651. The molecule has 0 aliphatic heterocycles. The van der Waals surface area contributed by atoms with Gasteiger partial charge in [0.1, 0.15) is 17.5 Å². The van der Waals surface area contributed by atoms with Crippen molar-refractivity contribution in [1.29, 1.82) is 0 Å². The number of pyridine rings is 1. The van der Waals surface area contributed by atoms with Crippen molar-refractivity contribution < 1.29 is 4.42 Å². The normalized spacial score (nSPS) is 11.5. The molecule has 0 N–H and O–H groups in total. The highest BCUT2D eigenvalue weighted by Crippen LogP contribution is 2.30. The lowest BCUT2D eigenvalue weighted by Crippen LogP contribution is -1.90. The molecule has 0 saturated carbocycles. The van der Waals surface area contributed by atoms with Crippen LogP contribution in [0.2, 0.25) is 0 Å². The van der Waals surface area contributed by atoms with E-state index in [4.69, 9.17) is 4.42 Å². The van der Waals surface area contributed by atoms with Crippen molar-refractivity contribution in [2.45, 2.75) is 0 Å². The van der Waals surface area contributed by atoms with Crippen LogP contribution in [0.4, 0.5) is 0 Å². The minimum Gasteiger partial charge on any atom is -0.432 e. The number of rotatable bonds is 1.